The molecule has 1 saturated heterocycles. The van der Waals surface area contributed by atoms with Crippen molar-refractivity contribution in [3.63, 3.8) is 0 Å². The van der Waals surface area contributed by atoms with Crippen molar-refractivity contribution in [2.75, 3.05) is 19.8 Å². The highest BCUT2D eigenvalue weighted by atomic mass is 16.7. The second-order valence-electron chi connectivity index (χ2n) is 15.1. The summed E-state index contributed by atoms with van der Waals surface area (Å²) >= 11 is 0. The smallest absolute Gasteiger partial charge is 0.306 e. The Morgan fingerprint density at radius 3 is 1.58 bits per heavy atom. The van der Waals surface area contributed by atoms with E-state index in [0.29, 0.717) is 12.8 Å². The third-order valence-corrected chi connectivity index (χ3v) is 10.00. The number of ether oxygens (including phenoxy) is 4. The number of unbranched alkanes of at least 4 members (excludes halogenated alkanes) is 19. The number of esters is 2. The van der Waals surface area contributed by atoms with Gasteiger partial charge in [0.1, 0.15) is 31.0 Å². The molecule has 1 heterocycles. The number of rotatable bonds is 36. The van der Waals surface area contributed by atoms with Gasteiger partial charge in [0, 0.05) is 12.8 Å². The highest BCUT2D eigenvalue weighted by Crippen LogP contribution is 2.22. The Bertz CT molecular complexity index is 996. The molecule has 320 valence electrons. The predicted octanol–water partition coefficient (Wildman–Crippen LogP) is 9.11. The van der Waals surface area contributed by atoms with E-state index in [0.717, 1.165) is 70.6 Å². The van der Waals surface area contributed by atoms with Crippen molar-refractivity contribution in [1.82, 2.24) is 0 Å². The lowest BCUT2D eigenvalue weighted by Gasteiger charge is -2.39. The Hall–Kier alpha value is -2.08. The number of aliphatic hydroxyl groups is 4. The molecule has 1 aliphatic rings. The summed E-state index contributed by atoms with van der Waals surface area (Å²) in [4.78, 5) is 25.3. The second-order valence-corrected chi connectivity index (χ2v) is 15.1. The van der Waals surface area contributed by atoms with Crippen LogP contribution in [-0.4, -0.2) is 89.0 Å². The third kappa shape index (κ3) is 28.0. The summed E-state index contributed by atoms with van der Waals surface area (Å²) in [7, 11) is 0. The molecule has 0 aromatic carbocycles. The number of allylic oxidation sites excluding steroid dienone is 6. The molecule has 10 nitrogen and oxygen atoms in total. The molecule has 0 saturated carbocycles. The van der Waals surface area contributed by atoms with Gasteiger partial charge < -0.3 is 39.4 Å². The van der Waals surface area contributed by atoms with Crippen LogP contribution in [0.3, 0.4) is 0 Å². The summed E-state index contributed by atoms with van der Waals surface area (Å²) in [6.07, 6.45) is 32.9. The monoisotopic (exact) mass is 781 g/mol. The van der Waals surface area contributed by atoms with Crippen LogP contribution in [-0.2, 0) is 28.5 Å². The van der Waals surface area contributed by atoms with E-state index in [4.69, 9.17) is 18.9 Å². The van der Waals surface area contributed by atoms with Gasteiger partial charge in [-0.1, -0.05) is 134 Å². The number of hydrogen-bond donors (Lipinski definition) is 4. The molecule has 1 fully saturated rings. The fourth-order valence-corrected chi connectivity index (χ4v) is 6.45. The average molecular weight is 781 g/mol. The Kier molecular flexibility index (Phi) is 33.6. The van der Waals surface area contributed by atoms with Crippen LogP contribution in [0, 0.1) is 0 Å². The molecule has 1 aliphatic heterocycles. The van der Waals surface area contributed by atoms with Gasteiger partial charge in [0.15, 0.2) is 12.4 Å². The van der Waals surface area contributed by atoms with E-state index in [1.165, 1.54) is 70.6 Å². The molecule has 0 amide bonds. The van der Waals surface area contributed by atoms with Gasteiger partial charge in [0.2, 0.25) is 0 Å². The van der Waals surface area contributed by atoms with E-state index in [-0.39, 0.29) is 26.1 Å². The first-order valence-electron chi connectivity index (χ1n) is 22.1. The van der Waals surface area contributed by atoms with E-state index >= 15 is 0 Å². The topological polar surface area (TPSA) is 152 Å². The van der Waals surface area contributed by atoms with Crippen LogP contribution in [0.4, 0.5) is 0 Å². The first-order valence-corrected chi connectivity index (χ1v) is 22.1. The number of carbonyl (C=O) groups is 2. The van der Waals surface area contributed by atoms with E-state index in [1.807, 2.05) is 0 Å². The molecule has 0 radical (unpaired) electrons. The zero-order chi connectivity index (χ0) is 40.2. The van der Waals surface area contributed by atoms with Gasteiger partial charge >= 0.3 is 11.9 Å². The third-order valence-electron chi connectivity index (χ3n) is 10.00. The van der Waals surface area contributed by atoms with Gasteiger partial charge in [-0.15, -0.1) is 0 Å². The van der Waals surface area contributed by atoms with E-state index in [9.17, 15) is 30.0 Å². The molecular weight excluding hydrogens is 700 g/mol. The number of aliphatic hydroxyl groups excluding tert-OH is 4. The maximum atomic E-state index is 12.7. The van der Waals surface area contributed by atoms with E-state index < -0.39 is 55.4 Å². The van der Waals surface area contributed by atoms with Crippen LogP contribution in [0.1, 0.15) is 181 Å². The average Bonchev–Trinajstić information content (AvgIpc) is 3.18. The fraction of sp³-hybridized carbons (Fsp3) is 0.822. The maximum absolute atomic E-state index is 12.7. The first-order chi connectivity index (χ1) is 26.8. The van der Waals surface area contributed by atoms with Crippen LogP contribution < -0.4 is 0 Å². The highest BCUT2D eigenvalue weighted by molar-refractivity contribution is 5.70. The van der Waals surface area contributed by atoms with Crippen molar-refractivity contribution in [1.29, 1.82) is 0 Å². The highest BCUT2D eigenvalue weighted by Gasteiger charge is 2.44. The molecular formula is C45H80O10. The molecule has 10 heteroatoms. The SMILES string of the molecule is CCCCC/C=C/C/C=C/CCCCCCCC(=O)O[C@@H](COC(=O)CCCCC/C=C/CCCCCCCCCC)CO[C@H]1O[C@@H](CO)[C@@H](O)C(O)C1O. The summed E-state index contributed by atoms with van der Waals surface area (Å²) in [5.74, 6) is -0.840. The van der Waals surface area contributed by atoms with Crippen molar-refractivity contribution in [3.05, 3.63) is 36.5 Å². The standard InChI is InChI=1S/C45H80O10/c1-3-5-7-9-11-13-15-17-19-21-23-25-27-29-31-33-40(47)52-36-38(37-53-45-44(51)43(50)42(49)39(35-46)55-45)54-41(48)34-32-30-28-26-24-22-20-18-16-14-12-10-8-6-4-2/h12,14,18,20-21,23,38-39,42-46,49-51H,3-11,13,15-17,19,22,24-37H2,1-2H3/b14-12+,20-18+,23-21+/t38-,39-,42+,43?,44?,45-/m0/s1. The molecule has 55 heavy (non-hydrogen) atoms. The van der Waals surface area contributed by atoms with Crippen LogP contribution >= 0.6 is 0 Å². The first kappa shape index (κ1) is 50.9. The molecule has 0 aromatic heterocycles. The fourth-order valence-electron chi connectivity index (χ4n) is 6.45. The normalized spacial score (nSPS) is 20.9. The Morgan fingerprint density at radius 1 is 0.564 bits per heavy atom. The summed E-state index contributed by atoms with van der Waals surface area (Å²) in [5, 5.41) is 40.0. The maximum Gasteiger partial charge on any atom is 0.306 e. The quantitative estimate of drug-likeness (QED) is 0.0275. The van der Waals surface area contributed by atoms with Crippen molar-refractivity contribution >= 4 is 11.9 Å². The number of carbonyl (C=O) groups excluding carboxylic acids is 2. The van der Waals surface area contributed by atoms with Crippen molar-refractivity contribution in [2.24, 2.45) is 0 Å². The molecule has 1 rings (SSSR count). The molecule has 0 bridgehead atoms. The lowest BCUT2D eigenvalue weighted by Crippen LogP contribution is -2.59. The molecule has 0 aliphatic carbocycles. The van der Waals surface area contributed by atoms with Gasteiger partial charge in [0.25, 0.3) is 0 Å². The summed E-state index contributed by atoms with van der Waals surface area (Å²) in [5.41, 5.74) is 0. The summed E-state index contributed by atoms with van der Waals surface area (Å²) in [6, 6.07) is 0. The molecule has 6 atom stereocenters. The second kappa shape index (κ2) is 36.3. The van der Waals surface area contributed by atoms with Gasteiger partial charge in [0.05, 0.1) is 13.2 Å². The van der Waals surface area contributed by atoms with Crippen LogP contribution in [0.2, 0.25) is 0 Å². The minimum absolute atomic E-state index is 0.211. The lowest BCUT2D eigenvalue weighted by molar-refractivity contribution is -0.305. The Morgan fingerprint density at radius 2 is 1.02 bits per heavy atom. The lowest BCUT2D eigenvalue weighted by atomic mass is 9.99. The Balaban J connectivity index is 2.36. The Labute approximate surface area is 334 Å². The summed E-state index contributed by atoms with van der Waals surface area (Å²) < 4.78 is 22.1. The molecule has 4 N–H and O–H groups in total. The largest absolute Gasteiger partial charge is 0.462 e. The molecule has 0 spiro atoms. The van der Waals surface area contributed by atoms with Crippen LogP contribution in [0.15, 0.2) is 36.5 Å². The van der Waals surface area contributed by atoms with Crippen molar-refractivity contribution in [3.8, 4) is 0 Å². The van der Waals surface area contributed by atoms with Gasteiger partial charge in [-0.2, -0.15) is 0 Å². The minimum Gasteiger partial charge on any atom is -0.462 e. The van der Waals surface area contributed by atoms with Crippen molar-refractivity contribution < 1.29 is 49.0 Å². The van der Waals surface area contributed by atoms with E-state index in [2.05, 4.69) is 50.3 Å². The summed E-state index contributed by atoms with van der Waals surface area (Å²) in [6.45, 7) is 3.36. The minimum atomic E-state index is -1.60. The van der Waals surface area contributed by atoms with Crippen LogP contribution in [0.5, 0.6) is 0 Å². The molecule has 0 aromatic rings. The van der Waals surface area contributed by atoms with Gasteiger partial charge in [-0.3, -0.25) is 9.59 Å². The van der Waals surface area contributed by atoms with Gasteiger partial charge in [-0.05, 0) is 70.6 Å². The van der Waals surface area contributed by atoms with Crippen LogP contribution in [0.25, 0.3) is 0 Å². The van der Waals surface area contributed by atoms with E-state index in [1.54, 1.807) is 0 Å². The molecule has 2 unspecified atom stereocenters. The zero-order valence-electron chi connectivity index (χ0n) is 34.7. The number of hydrogen-bond acceptors (Lipinski definition) is 10. The zero-order valence-corrected chi connectivity index (χ0v) is 34.7. The van der Waals surface area contributed by atoms with Gasteiger partial charge in [-0.25, -0.2) is 0 Å². The predicted molar refractivity (Wildman–Crippen MR) is 219 cm³/mol. The van der Waals surface area contributed by atoms with Crippen molar-refractivity contribution in [2.45, 2.75) is 218 Å².